The van der Waals surface area contributed by atoms with E-state index in [-0.39, 0.29) is 0 Å². The second-order valence-corrected chi connectivity index (χ2v) is 6.15. The highest BCUT2D eigenvalue weighted by molar-refractivity contribution is 5.18. The normalized spacial score (nSPS) is 22.4. The Morgan fingerprint density at radius 1 is 1.06 bits per heavy atom. The van der Waals surface area contributed by atoms with Gasteiger partial charge in [0.2, 0.25) is 0 Å². The van der Waals surface area contributed by atoms with Crippen molar-refractivity contribution in [2.45, 2.75) is 79.6 Å². The van der Waals surface area contributed by atoms with Crippen molar-refractivity contribution >= 4 is 0 Å². The summed E-state index contributed by atoms with van der Waals surface area (Å²) in [6.45, 7) is 12.0. The van der Waals surface area contributed by atoms with Gasteiger partial charge in [-0.25, -0.2) is 0 Å². The van der Waals surface area contributed by atoms with Crippen LogP contribution in [0, 0.1) is 17.8 Å². The van der Waals surface area contributed by atoms with E-state index in [1.54, 1.807) is 5.57 Å². The maximum Gasteiger partial charge on any atom is -0.0172 e. The Morgan fingerprint density at radius 2 is 1.71 bits per heavy atom. The molecule has 0 radical (unpaired) electrons. The van der Waals surface area contributed by atoms with E-state index in [1.807, 2.05) is 5.57 Å². The SMILES string of the molecule is CCCC(C1=C(C)CCCC1)C(C)C(C)CC. The summed E-state index contributed by atoms with van der Waals surface area (Å²) < 4.78 is 0. The monoisotopic (exact) mass is 236 g/mol. The van der Waals surface area contributed by atoms with E-state index in [2.05, 4.69) is 34.6 Å². The average molecular weight is 236 g/mol. The molecule has 100 valence electrons. The van der Waals surface area contributed by atoms with Gasteiger partial charge in [0.1, 0.15) is 0 Å². The van der Waals surface area contributed by atoms with Crippen molar-refractivity contribution in [1.82, 2.24) is 0 Å². The van der Waals surface area contributed by atoms with Crippen LogP contribution in [0.2, 0.25) is 0 Å². The minimum Gasteiger partial charge on any atom is -0.0738 e. The van der Waals surface area contributed by atoms with Crippen molar-refractivity contribution in [3.05, 3.63) is 11.1 Å². The topological polar surface area (TPSA) is 0 Å². The molecule has 3 unspecified atom stereocenters. The minimum absolute atomic E-state index is 0.864. The van der Waals surface area contributed by atoms with E-state index >= 15 is 0 Å². The van der Waals surface area contributed by atoms with Crippen LogP contribution < -0.4 is 0 Å². The molecule has 0 saturated carbocycles. The minimum atomic E-state index is 0.864. The van der Waals surface area contributed by atoms with Gasteiger partial charge in [-0.05, 0) is 56.8 Å². The Kier molecular flexibility index (Phi) is 6.30. The molecule has 0 bridgehead atoms. The van der Waals surface area contributed by atoms with Gasteiger partial charge in [-0.3, -0.25) is 0 Å². The number of rotatable bonds is 6. The van der Waals surface area contributed by atoms with Crippen LogP contribution in [0.1, 0.15) is 79.6 Å². The predicted octanol–water partition coefficient (Wildman–Crippen LogP) is 5.98. The van der Waals surface area contributed by atoms with E-state index < -0.39 is 0 Å². The third kappa shape index (κ3) is 3.86. The molecule has 0 nitrogen and oxygen atoms in total. The van der Waals surface area contributed by atoms with Gasteiger partial charge in [-0.2, -0.15) is 0 Å². The van der Waals surface area contributed by atoms with E-state index in [9.17, 15) is 0 Å². The molecule has 0 spiro atoms. The lowest BCUT2D eigenvalue weighted by Crippen LogP contribution is -2.22. The molecule has 1 rings (SSSR count). The molecule has 1 aliphatic rings. The van der Waals surface area contributed by atoms with Gasteiger partial charge < -0.3 is 0 Å². The van der Waals surface area contributed by atoms with Crippen LogP contribution >= 0.6 is 0 Å². The highest BCUT2D eigenvalue weighted by Gasteiger charge is 2.26. The van der Waals surface area contributed by atoms with Crippen LogP contribution in [0.15, 0.2) is 11.1 Å². The highest BCUT2D eigenvalue weighted by atomic mass is 14.3. The molecular formula is C17H32. The van der Waals surface area contributed by atoms with Crippen LogP contribution in [-0.4, -0.2) is 0 Å². The van der Waals surface area contributed by atoms with Gasteiger partial charge in [0.05, 0.1) is 0 Å². The van der Waals surface area contributed by atoms with Crippen molar-refractivity contribution in [3.8, 4) is 0 Å². The molecule has 0 amide bonds. The lowest BCUT2D eigenvalue weighted by molar-refractivity contribution is 0.263. The predicted molar refractivity (Wildman–Crippen MR) is 78.2 cm³/mol. The summed E-state index contributed by atoms with van der Waals surface area (Å²) in [5, 5.41) is 0. The smallest absolute Gasteiger partial charge is 0.0172 e. The van der Waals surface area contributed by atoms with Crippen LogP contribution in [0.25, 0.3) is 0 Å². The summed E-state index contributed by atoms with van der Waals surface area (Å²) in [7, 11) is 0. The highest BCUT2D eigenvalue weighted by Crippen LogP contribution is 2.39. The summed E-state index contributed by atoms with van der Waals surface area (Å²) in [6, 6.07) is 0. The second kappa shape index (κ2) is 7.24. The molecule has 0 N–H and O–H groups in total. The summed E-state index contributed by atoms with van der Waals surface area (Å²) in [4.78, 5) is 0. The zero-order valence-electron chi connectivity index (χ0n) is 12.7. The van der Waals surface area contributed by atoms with Gasteiger partial charge >= 0.3 is 0 Å². The van der Waals surface area contributed by atoms with Gasteiger partial charge in [0.25, 0.3) is 0 Å². The summed E-state index contributed by atoms with van der Waals surface area (Å²) >= 11 is 0. The van der Waals surface area contributed by atoms with E-state index in [0.29, 0.717) is 0 Å². The summed E-state index contributed by atoms with van der Waals surface area (Å²) in [6.07, 6.45) is 9.67. The van der Waals surface area contributed by atoms with Crippen LogP contribution in [0.4, 0.5) is 0 Å². The fraction of sp³-hybridized carbons (Fsp3) is 0.882. The van der Waals surface area contributed by atoms with Crippen LogP contribution in [0.3, 0.4) is 0 Å². The maximum absolute atomic E-state index is 2.49. The third-order valence-electron chi connectivity index (χ3n) is 5.02. The largest absolute Gasteiger partial charge is 0.0738 e. The molecule has 0 heterocycles. The van der Waals surface area contributed by atoms with Gasteiger partial charge in [0.15, 0.2) is 0 Å². The lowest BCUT2D eigenvalue weighted by atomic mass is 9.72. The first-order valence-corrected chi connectivity index (χ1v) is 7.80. The molecule has 0 aromatic heterocycles. The van der Waals surface area contributed by atoms with Gasteiger partial charge in [0, 0.05) is 0 Å². The molecule has 0 aromatic rings. The maximum atomic E-state index is 2.49. The van der Waals surface area contributed by atoms with E-state index in [1.165, 1.54) is 44.9 Å². The average Bonchev–Trinajstić information content (AvgIpc) is 2.35. The lowest BCUT2D eigenvalue weighted by Gasteiger charge is -2.33. The Labute approximate surface area is 109 Å². The molecular weight excluding hydrogens is 204 g/mol. The Bertz CT molecular complexity index is 249. The summed E-state index contributed by atoms with van der Waals surface area (Å²) in [5.74, 6) is 2.60. The number of hydrogen-bond donors (Lipinski definition) is 0. The van der Waals surface area contributed by atoms with E-state index in [4.69, 9.17) is 0 Å². The van der Waals surface area contributed by atoms with Crippen molar-refractivity contribution in [1.29, 1.82) is 0 Å². The molecule has 0 fully saturated rings. The molecule has 17 heavy (non-hydrogen) atoms. The quantitative estimate of drug-likeness (QED) is 0.498. The fourth-order valence-corrected chi connectivity index (χ4v) is 3.42. The Hall–Kier alpha value is -0.260. The first-order valence-electron chi connectivity index (χ1n) is 7.80. The Balaban J connectivity index is 2.83. The molecule has 0 heteroatoms. The number of hydrogen-bond acceptors (Lipinski definition) is 0. The first kappa shape index (κ1) is 14.8. The second-order valence-electron chi connectivity index (χ2n) is 6.15. The molecule has 0 aromatic carbocycles. The third-order valence-corrected chi connectivity index (χ3v) is 5.02. The van der Waals surface area contributed by atoms with Crippen molar-refractivity contribution < 1.29 is 0 Å². The zero-order chi connectivity index (χ0) is 12.8. The van der Waals surface area contributed by atoms with E-state index in [0.717, 1.165) is 17.8 Å². The Morgan fingerprint density at radius 3 is 2.24 bits per heavy atom. The standard InChI is InChI=1S/C17H32/c1-6-10-17(15(5)13(3)7-2)16-12-9-8-11-14(16)4/h13,15,17H,6-12H2,1-5H3. The molecule has 1 aliphatic carbocycles. The van der Waals surface area contributed by atoms with Crippen LogP contribution in [-0.2, 0) is 0 Å². The first-order chi connectivity index (χ1) is 8.11. The number of allylic oxidation sites excluding steroid dienone is 2. The van der Waals surface area contributed by atoms with Crippen molar-refractivity contribution in [2.75, 3.05) is 0 Å². The zero-order valence-corrected chi connectivity index (χ0v) is 12.7. The van der Waals surface area contributed by atoms with Gasteiger partial charge in [-0.1, -0.05) is 51.7 Å². The summed E-state index contributed by atoms with van der Waals surface area (Å²) in [5.41, 5.74) is 3.57. The van der Waals surface area contributed by atoms with Crippen molar-refractivity contribution in [3.63, 3.8) is 0 Å². The molecule has 3 atom stereocenters. The van der Waals surface area contributed by atoms with Crippen LogP contribution in [0.5, 0.6) is 0 Å². The molecule has 0 aliphatic heterocycles. The van der Waals surface area contributed by atoms with Gasteiger partial charge in [-0.15, -0.1) is 0 Å². The molecule has 0 saturated heterocycles. The van der Waals surface area contributed by atoms with Crippen molar-refractivity contribution in [2.24, 2.45) is 17.8 Å². The fourth-order valence-electron chi connectivity index (χ4n) is 3.42.